The van der Waals surface area contributed by atoms with E-state index in [-0.39, 0.29) is 10.8 Å². The highest BCUT2D eigenvalue weighted by Gasteiger charge is 2.38. The molecule has 0 radical (unpaired) electrons. The second-order valence-electron chi connectivity index (χ2n) is 22.8. The molecule has 0 amide bonds. The minimum atomic E-state index is -0.283. The molecule has 2 aliphatic rings. The van der Waals surface area contributed by atoms with E-state index in [1.54, 1.807) is 0 Å². The minimum Gasteiger partial charge on any atom is -0.310 e. The molecule has 0 saturated carbocycles. The van der Waals surface area contributed by atoms with E-state index in [0.717, 1.165) is 22.7 Å². The van der Waals surface area contributed by atoms with Crippen molar-refractivity contribution < 1.29 is 0 Å². The molecule has 380 valence electrons. The fraction of sp³-hybridized carbons (Fsp3) is 0.0769. The molecule has 0 saturated heterocycles. The minimum absolute atomic E-state index is 0.129. The van der Waals surface area contributed by atoms with Gasteiger partial charge < -0.3 is 9.47 Å². The van der Waals surface area contributed by atoms with Crippen LogP contribution in [-0.4, -0.2) is 4.57 Å². The summed E-state index contributed by atoms with van der Waals surface area (Å²) in [5, 5.41) is 3.67. The Hall–Kier alpha value is -9.76. The van der Waals surface area contributed by atoms with Gasteiger partial charge in [-0.1, -0.05) is 252 Å². The SMILES string of the molecule is CC1(C)c2ccccc2-c2ccc(N(c3ccc(-c4ccccc4)cc3)c3ccc4c(c3)C(C)(C)c3cc(-c5cccc6c5ccc5c(-c7ccccc7)c(-c7ccccc7)n(-c7ccc(-c8ccccc8)cc7)c56)ccc3-4)cc21. The first-order valence-corrected chi connectivity index (χ1v) is 28.1. The van der Waals surface area contributed by atoms with Crippen LogP contribution in [0.4, 0.5) is 17.1 Å². The van der Waals surface area contributed by atoms with Crippen molar-refractivity contribution in [1.29, 1.82) is 0 Å². The number of hydrogen-bond donors (Lipinski definition) is 0. The Morgan fingerprint density at radius 1 is 0.275 bits per heavy atom. The highest BCUT2D eigenvalue weighted by Crippen LogP contribution is 2.55. The number of nitrogens with zero attached hydrogens (tertiary/aromatic N) is 2. The van der Waals surface area contributed by atoms with E-state index in [4.69, 9.17) is 0 Å². The molecule has 15 rings (SSSR count). The quantitative estimate of drug-likeness (QED) is 0.140. The summed E-state index contributed by atoms with van der Waals surface area (Å²) < 4.78 is 2.53. The maximum Gasteiger partial charge on any atom is 0.0620 e. The zero-order chi connectivity index (χ0) is 53.7. The third-order valence-electron chi connectivity index (χ3n) is 17.6. The first-order valence-electron chi connectivity index (χ1n) is 28.1. The fourth-order valence-electron chi connectivity index (χ4n) is 13.6. The van der Waals surface area contributed by atoms with Crippen LogP contribution >= 0.6 is 0 Å². The molecular weight excluding hydrogens is 965 g/mol. The van der Waals surface area contributed by atoms with E-state index in [2.05, 4.69) is 316 Å². The first kappa shape index (κ1) is 47.5. The van der Waals surface area contributed by atoms with E-state index in [9.17, 15) is 0 Å². The Morgan fingerprint density at radius 3 is 1.30 bits per heavy atom. The Balaban J connectivity index is 0.862. The molecule has 0 spiro atoms. The standard InChI is InChI=1S/C78H58N2/c1-77(2)70-31-18-17-28-64(70)66-44-41-60(49-72(66)77)79(58-37-32-53(33-38-58)51-20-9-5-10-21-51)61-42-45-67-65-43-36-57(48-71(65)78(3,4)73(67)50-61)62-29-19-30-68-63(62)46-47-69-74(55-24-13-7-14-25-55)75(56-26-15-8-16-27-56)80(76(68)69)59-39-34-54(35-40-59)52-22-11-6-12-23-52/h5-50H,1-4H3. The molecule has 0 atom stereocenters. The lowest BCUT2D eigenvalue weighted by molar-refractivity contribution is 0.660. The average Bonchev–Trinajstić information content (AvgIpc) is 4.22. The van der Waals surface area contributed by atoms with Crippen molar-refractivity contribution in [2.24, 2.45) is 0 Å². The Kier molecular flexibility index (Phi) is 10.9. The summed E-state index contributed by atoms with van der Waals surface area (Å²) >= 11 is 0. The van der Waals surface area contributed by atoms with Crippen molar-refractivity contribution in [2.45, 2.75) is 38.5 Å². The lowest BCUT2D eigenvalue weighted by Crippen LogP contribution is -2.18. The lowest BCUT2D eigenvalue weighted by Gasteiger charge is -2.30. The average molecular weight is 1020 g/mol. The monoisotopic (exact) mass is 1020 g/mol. The molecule has 80 heavy (non-hydrogen) atoms. The predicted octanol–water partition coefficient (Wildman–Crippen LogP) is 21.2. The molecule has 0 N–H and O–H groups in total. The molecule has 13 aromatic rings. The fourth-order valence-corrected chi connectivity index (χ4v) is 13.6. The smallest absolute Gasteiger partial charge is 0.0620 e. The van der Waals surface area contributed by atoms with Gasteiger partial charge in [0.2, 0.25) is 0 Å². The van der Waals surface area contributed by atoms with Gasteiger partial charge in [-0.2, -0.15) is 0 Å². The second kappa shape index (κ2) is 18.4. The summed E-state index contributed by atoms with van der Waals surface area (Å²) in [6.45, 7) is 9.57. The number of anilines is 3. The molecule has 2 aliphatic carbocycles. The molecule has 2 heteroatoms. The molecule has 0 unspecified atom stereocenters. The van der Waals surface area contributed by atoms with Crippen LogP contribution in [0.25, 0.3) is 105 Å². The zero-order valence-electron chi connectivity index (χ0n) is 45.5. The van der Waals surface area contributed by atoms with Crippen molar-refractivity contribution in [1.82, 2.24) is 4.57 Å². The van der Waals surface area contributed by atoms with Crippen LogP contribution in [0.5, 0.6) is 0 Å². The molecule has 12 aromatic carbocycles. The predicted molar refractivity (Wildman–Crippen MR) is 338 cm³/mol. The van der Waals surface area contributed by atoms with Gasteiger partial charge in [-0.15, -0.1) is 0 Å². The highest BCUT2D eigenvalue weighted by atomic mass is 15.1. The maximum absolute atomic E-state index is 2.53. The molecule has 0 bridgehead atoms. The van der Waals surface area contributed by atoms with Gasteiger partial charge in [-0.25, -0.2) is 0 Å². The van der Waals surface area contributed by atoms with Crippen LogP contribution in [0, 0.1) is 0 Å². The zero-order valence-corrected chi connectivity index (χ0v) is 45.5. The largest absolute Gasteiger partial charge is 0.310 e. The van der Waals surface area contributed by atoms with Crippen LogP contribution in [0.3, 0.4) is 0 Å². The second-order valence-corrected chi connectivity index (χ2v) is 22.8. The Morgan fingerprint density at radius 2 is 0.700 bits per heavy atom. The number of hydrogen-bond acceptors (Lipinski definition) is 1. The maximum atomic E-state index is 2.53. The molecule has 1 heterocycles. The molecule has 0 aliphatic heterocycles. The van der Waals surface area contributed by atoms with Crippen LogP contribution < -0.4 is 4.90 Å². The van der Waals surface area contributed by atoms with E-state index < -0.39 is 0 Å². The van der Waals surface area contributed by atoms with Crippen LogP contribution in [0.2, 0.25) is 0 Å². The van der Waals surface area contributed by atoms with Crippen LogP contribution in [0.1, 0.15) is 49.9 Å². The summed E-state index contributed by atoms with van der Waals surface area (Å²) in [7, 11) is 0. The van der Waals surface area contributed by atoms with Crippen molar-refractivity contribution in [3.05, 3.63) is 301 Å². The third kappa shape index (κ3) is 7.47. The molecule has 1 aromatic heterocycles. The first-order chi connectivity index (χ1) is 39.2. The third-order valence-corrected chi connectivity index (χ3v) is 17.6. The molecular formula is C78H58N2. The van der Waals surface area contributed by atoms with Gasteiger partial charge in [0.05, 0.1) is 11.2 Å². The summed E-state index contributed by atoms with van der Waals surface area (Å²) in [6, 6.07) is 104. The van der Waals surface area contributed by atoms with Crippen LogP contribution in [-0.2, 0) is 10.8 Å². The van der Waals surface area contributed by atoms with Crippen molar-refractivity contribution in [3.8, 4) is 83.7 Å². The molecule has 0 fully saturated rings. The lowest BCUT2D eigenvalue weighted by atomic mass is 9.81. The normalized spacial score (nSPS) is 13.4. The van der Waals surface area contributed by atoms with Gasteiger partial charge in [0.1, 0.15) is 0 Å². The van der Waals surface area contributed by atoms with Gasteiger partial charge in [0.25, 0.3) is 0 Å². The van der Waals surface area contributed by atoms with Crippen molar-refractivity contribution >= 4 is 38.7 Å². The Bertz CT molecular complexity index is 4530. The van der Waals surface area contributed by atoms with Gasteiger partial charge in [-0.3, -0.25) is 0 Å². The molecule has 2 nitrogen and oxygen atoms in total. The van der Waals surface area contributed by atoms with E-state index >= 15 is 0 Å². The topological polar surface area (TPSA) is 8.17 Å². The van der Waals surface area contributed by atoms with Crippen molar-refractivity contribution in [3.63, 3.8) is 0 Å². The number of benzene rings is 12. The van der Waals surface area contributed by atoms with Gasteiger partial charge in [0, 0.05) is 49.9 Å². The van der Waals surface area contributed by atoms with Gasteiger partial charge >= 0.3 is 0 Å². The summed E-state index contributed by atoms with van der Waals surface area (Å²) in [5.74, 6) is 0. The summed E-state index contributed by atoms with van der Waals surface area (Å²) in [5.41, 5.74) is 28.0. The van der Waals surface area contributed by atoms with Crippen molar-refractivity contribution in [2.75, 3.05) is 4.90 Å². The Labute approximate surface area is 469 Å². The number of aromatic nitrogens is 1. The van der Waals surface area contributed by atoms with E-state index in [0.29, 0.717) is 0 Å². The van der Waals surface area contributed by atoms with Gasteiger partial charge in [-0.05, 0) is 149 Å². The van der Waals surface area contributed by atoms with Crippen LogP contribution in [0.15, 0.2) is 279 Å². The summed E-state index contributed by atoms with van der Waals surface area (Å²) in [4.78, 5) is 2.47. The van der Waals surface area contributed by atoms with Gasteiger partial charge in [0.15, 0.2) is 0 Å². The highest BCUT2D eigenvalue weighted by molar-refractivity contribution is 6.18. The van der Waals surface area contributed by atoms with E-state index in [1.165, 1.54) is 122 Å². The summed E-state index contributed by atoms with van der Waals surface area (Å²) in [6.07, 6.45) is 0. The van der Waals surface area contributed by atoms with E-state index in [1.807, 2.05) is 0 Å². The number of rotatable bonds is 9. The number of fused-ring (bicyclic) bond motifs is 9.